The number of carbonyl (C=O) groups excluding carboxylic acids is 1. The second-order valence-electron chi connectivity index (χ2n) is 14.0. The SMILES string of the molecule is CCC#Cc1cnc(Nc2cc(NCC(CCN)CCC(=O)OC(C)(C)C)ncn2)cn1.OCC#Cc1cnc(Nc2cc(NCC3CCNCC3)ncn2)cn1. The van der Waals surface area contributed by atoms with E-state index in [9.17, 15) is 4.79 Å². The summed E-state index contributed by atoms with van der Waals surface area (Å²) in [5, 5.41) is 24.9. The molecule has 4 aromatic heterocycles. The predicted octanol–water partition coefficient (Wildman–Crippen LogP) is 4.04. The van der Waals surface area contributed by atoms with E-state index in [2.05, 4.69) is 90.1 Å². The third-order valence-corrected chi connectivity index (χ3v) is 8.19. The van der Waals surface area contributed by atoms with E-state index in [4.69, 9.17) is 15.6 Å². The summed E-state index contributed by atoms with van der Waals surface area (Å²) in [4.78, 5) is 45.9. The molecule has 0 saturated carbocycles. The Kier molecular flexibility index (Phi) is 18.3. The lowest BCUT2D eigenvalue weighted by Crippen LogP contribution is -2.31. The van der Waals surface area contributed by atoms with Crippen molar-refractivity contribution >= 4 is 40.9 Å². The van der Waals surface area contributed by atoms with Crippen molar-refractivity contribution in [3.8, 4) is 23.7 Å². The minimum atomic E-state index is -0.476. The number of nitrogens with two attached hydrogens (primary N) is 1. The van der Waals surface area contributed by atoms with Gasteiger partial charge in [0.15, 0.2) is 0 Å². The molecule has 0 bridgehead atoms. The molecule has 0 spiro atoms. The predicted molar refractivity (Wildman–Crippen MR) is 221 cm³/mol. The van der Waals surface area contributed by atoms with Gasteiger partial charge in [-0.05, 0) is 89.8 Å². The smallest absolute Gasteiger partial charge is 0.306 e. The number of carbonyl (C=O) groups is 1. The zero-order valence-electron chi connectivity index (χ0n) is 33.2. The van der Waals surface area contributed by atoms with Crippen LogP contribution in [0.3, 0.4) is 0 Å². The average Bonchev–Trinajstić information content (AvgIpc) is 3.21. The number of esters is 1. The summed E-state index contributed by atoms with van der Waals surface area (Å²) in [5.74, 6) is 15.7. The van der Waals surface area contributed by atoms with E-state index in [0.717, 1.165) is 38.3 Å². The molecular weight excluding hydrogens is 725 g/mol. The molecule has 1 saturated heterocycles. The number of aromatic nitrogens is 8. The van der Waals surface area contributed by atoms with E-state index in [1.807, 2.05) is 33.8 Å². The molecule has 1 fully saturated rings. The van der Waals surface area contributed by atoms with Gasteiger partial charge in [-0.25, -0.2) is 39.9 Å². The van der Waals surface area contributed by atoms with Gasteiger partial charge in [0.25, 0.3) is 0 Å². The maximum atomic E-state index is 12.0. The highest BCUT2D eigenvalue weighted by molar-refractivity contribution is 5.69. The van der Waals surface area contributed by atoms with Crippen LogP contribution in [0.2, 0.25) is 0 Å². The lowest BCUT2D eigenvalue weighted by Gasteiger charge is -2.22. The van der Waals surface area contributed by atoms with Crippen LogP contribution in [0.5, 0.6) is 0 Å². The summed E-state index contributed by atoms with van der Waals surface area (Å²) < 4.78 is 5.39. The maximum absolute atomic E-state index is 12.0. The number of anilines is 6. The molecule has 0 aromatic carbocycles. The first-order valence-electron chi connectivity index (χ1n) is 19.1. The number of nitrogens with zero attached hydrogens (tertiary/aromatic N) is 8. The van der Waals surface area contributed by atoms with Gasteiger partial charge in [0.1, 0.15) is 71.2 Å². The number of ether oxygens (including phenoxy) is 1. The quantitative estimate of drug-likeness (QED) is 0.0666. The van der Waals surface area contributed by atoms with Crippen LogP contribution in [0.1, 0.15) is 77.6 Å². The minimum absolute atomic E-state index is 0.194. The number of hydrogen-bond acceptors (Lipinski definition) is 17. The topological polar surface area (TPSA) is 236 Å². The van der Waals surface area contributed by atoms with E-state index >= 15 is 0 Å². The Bertz CT molecular complexity index is 1930. The fraction of sp³-hybridized carbons (Fsp3) is 0.475. The van der Waals surface area contributed by atoms with Crippen LogP contribution in [0.25, 0.3) is 0 Å². The number of nitrogens with one attached hydrogen (secondary N) is 5. The highest BCUT2D eigenvalue weighted by atomic mass is 16.6. The van der Waals surface area contributed by atoms with E-state index < -0.39 is 5.60 Å². The Morgan fingerprint density at radius 1 is 0.825 bits per heavy atom. The van der Waals surface area contributed by atoms with Crippen molar-refractivity contribution in [1.29, 1.82) is 0 Å². The Balaban J connectivity index is 0.000000260. The van der Waals surface area contributed by atoms with E-state index in [1.165, 1.54) is 25.5 Å². The van der Waals surface area contributed by atoms with Gasteiger partial charge in [0.2, 0.25) is 0 Å². The minimum Gasteiger partial charge on any atom is -0.460 e. The molecule has 1 aliphatic heterocycles. The number of hydrogen-bond donors (Lipinski definition) is 7. The normalized spacial score (nSPS) is 12.9. The van der Waals surface area contributed by atoms with Gasteiger partial charge in [0.05, 0.1) is 24.8 Å². The van der Waals surface area contributed by atoms with Gasteiger partial charge in [0, 0.05) is 38.1 Å². The molecule has 0 radical (unpaired) electrons. The van der Waals surface area contributed by atoms with Crippen molar-refractivity contribution in [2.45, 2.75) is 71.8 Å². The number of aliphatic hydroxyl groups excluding tert-OH is 1. The van der Waals surface area contributed by atoms with Crippen LogP contribution in [0, 0.1) is 35.5 Å². The summed E-state index contributed by atoms with van der Waals surface area (Å²) in [5.41, 5.74) is 6.41. The Morgan fingerprint density at radius 2 is 1.40 bits per heavy atom. The van der Waals surface area contributed by atoms with E-state index in [1.54, 1.807) is 30.9 Å². The maximum Gasteiger partial charge on any atom is 0.306 e. The van der Waals surface area contributed by atoms with Gasteiger partial charge >= 0.3 is 5.97 Å². The summed E-state index contributed by atoms with van der Waals surface area (Å²) in [6, 6.07) is 3.64. The monoisotopic (exact) mass is 778 g/mol. The van der Waals surface area contributed by atoms with Crippen molar-refractivity contribution in [1.82, 2.24) is 45.2 Å². The molecule has 0 aliphatic carbocycles. The fourth-order valence-corrected chi connectivity index (χ4v) is 5.41. The van der Waals surface area contributed by atoms with Gasteiger partial charge in [-0.3, -0.25) is 4.79 Å². The second kappa shape index (κ2) is 23.8. The second-order valence-corrected chi connectivity index (χ2v) is 14.0. The van der Waals surface area contributed by atoms with Crippen LogP contribution in [-0.2, 0) is 9.53 Å². The number of piperidine rings is 1. The van der Waals surface area contributed by atoms with Crippen LogP contribution in [0.15, 0.2) is 49.6 Å². The molecule has 17 nitrogen and oxygen atoms in total. The van der Waals surface area contributed by atoms with Gasteiger partial charge in [-0.2, -0.15) is 0 Å². The van der Waals surface area contributed by atoms with Gasteiger partial charge in [-0.1, -0.05) is 18.8 Å². The molecular formula is C40H54N14O3. The largest absolute Gasteiger partial charge is 0.460 e. The summed E-state index contributed by atoms with van der Waals surface area (Å²) >= 11 is 0. The average molecular weight is 779 g/mol. The zero-order chi connectivity index (χ0) is 40.7. The zero-order valence-corrected chi connectivity index (χ0v) is 33.2. The molecule has 1 aliphatic rings. The Hall–Kier alpha value is -6.01. The first-order chi connectivity index (χ1) is 27.6. The van der Waals surface area contributed by atoms with E-state index in [0.29, 0.717) is 72.3 Å². The van der Waals surface area contributed by atoms with Crippen LogP contribution < -0.4 is 32.3 Å². The molecule has 5 heterocycles. The third kappa shape index (κ3) is 17.6. The number of aliphatic hydroxyl groups is 1. The van der Waals surface area contributed by atoms with Crippen molar-refractivity contribution in [2.75, 3.05) is 60.6 Å². The van der Waals surface area contributed by atoms with Crippen molar-refractivity contribution in [3.63, 3.8) is 0 Å². The molecule has 302 valence electrons. The summed E-state index contributed by atoms with van der Waals surface area (Å²) in [6.07, 6.45) is 14.3. The Morgan fingerprint density at radius 3 is 1.93 bits per heavy atom. The van der Waals surface area contributed by atoms with Crippen molar-refractivity contribution < 1.29 is 14.6 Å². The fourth-order valence-electron chi connectivity index (χ4n) is 5.41. The van der Waals surface area contributed by atoms with Crippen LogP contribution in [0.4, 0.5) is 34.9 Å². The summed E-state index contributed by atoms with van der Waals surface area (Å²) in [6.45, 7) is 11.7. The van der Waals surface area contributed by atoms with Crippen molar-refractivity contribution in [2.24, 2.45) is 17.6 Å². The lowest BCUT2D eigenvalue weighted by molar-refractivity contribution is -0.155. The molecule has 57 heavy (non-hydrogen) atoms. The highest BCUT2D eigenvalue weighted by Gasteiger charge is 2.18. The van der Waals surface area contributed by atoms with Crippen LogP contribution in [-0.4, -0.2) is 95.9 Å². The van der Waals surface area contributed by atoms with E-state index in [-0.39, 0.29) is 18.5 Å². The number of rotatable bonds is 15. The van der Waals surface area contributed by atoms with Gasteiger partial charge in [-0.15, -0.1) is 0 Å². The molecule has 8 N–H and O–H groups in total. The molecule has 1 atom stereocenters. The third-order valence-electron chi connectivity index (χ3n) is 8.19. The highest BCUT2D eigenvalue weighted by Crippen LogP contribution is 2.19. The van der Waals surface area contributed by atoms with Crippen LogP contribution >= 0.6 is 0 Å². The Labute approximate surface area is 334 Å². The van der Waals surface area contributed by atoms with Crippen molar-refractivity contribution in [3.05, 3.63) is 61.0 Å². The molecule has 5 rings (SSSR count). The molecule has 0 amide bonds. The lowest BCUT2D eigenvalue weighted by atomic mass is 9.98. The van der Waals surface area contributed by atoms with Gasteiger partial charge < -0.3 is 42.2 Å². The first-order valence-corrected chi connectivity index (χ1v) is 19.1. The first kappa shape index (κ1) is 43.7. The summed E-state index contributed by atoms with van der Waals surface area (Å²) in [7, 11) is 0. The molecule has 1 unspecified atom stereocenters. The molecule has 4 aromatic rings. The molecule has 17 heteroatoms. The standard InChI is InChI=1S/C23H33N7O2.C17H21N7O/c1-5-6-7-18-14-27-21(15-25-18)30-20-12-19(28-16-29-20)26-13-17(10-11-24)8-9-22(31)32-23(2,3)4;25-7-1-2-14-10-21-17(11-19-14)24-16-8-15(22-12-23-16)20-9-13-3-5-18-6-4-13/h12,14-17H,5,8-11,13,24H2,1-4H3,(H2,26,27,28,29,30);8,10-13,18,25H,3-7,9H2,(H2,20,21,22,23,24).